The van der Waals surface area contributed by atoms with Gasteiger partial charge in [0.15, 0.2) is 16.6 Å². The van der Waals surface area contributed by atoms with E-state index in [2.05, 4.69) is 0 Å². The third kappa shape index (κ3) is 6.50. The zero-order chi connectivity index (χ0) is 27.9. The van der Waals surface area contributed by atoms with E-state index in [1.165, 1.54) is 16.9 Å². The van der Waals surface area contributed by atoms with E-state index in [4.69, 9.17) is 42.8 Å². The molecule has 0 aliphatic carbocycles. The fourth-order valence-electron chi connectivity index (χ4n) is 3.89. The highest BCUT2D eigenvalue weighted by Gasteiger charge is 2.40. The molecule has 0 saturated carbocycles. The Balaban J connectivity index is 1.65. The summed E-state index contributed by atoms with van der Waals surface area (Å²) in [7, 11) is 2.84. The van der Waals surface area contributed by atoms with Crippen molar-refractivity contribution in [3.8, 4) is 17.2 Å². The first-order valence-corrected chi connectivity index (χ1v) is 12.9. The topological polar surface area (TPSA) is 77.5 Å². The summed E-state index contributed by atoms with van der Waals surface area (Å²) in [6, 6.07) is 19.6. The fourth-order valence-corrected chi connectivity index (χ4v) is 4.36. The Hall–Kier alpha value is -4.08. The minimum Gasteiger partial charge on any atom is -0.497 e. The highest BCUT2D eigenvalue weighted by atomic mass is 35.5. The van der Waals surface area contributed by atoms with Gasteiger partial charge < -0.3 is 23.8 Å². The first-order chi connectivity index (χ1) is 18.8. The number of hydrogen-bond donors (Lipinski definition) is 0. The number of esters is 1. The normalized spacial score (nSPS) is 14.1. The number of anilines is 1. The van der Waals surface area contributed by atoms with E-state index >= 15 is 0 Å². The van der Waals surface area contributed by atoms with Crippen molar-refractivity contribution in [2.24, 2.45) is 0 Å². The van der Waals surface area contributed by atoms with Gasteiger partial charge in [0.05, 0.1) is 26.5 Å². The molecule has 1 aliphatic rings. The number of carbonyl (C=O) groups excluding carboxylic acids is 2. The zero-order valence-corrected chi connectivity index (χ0v) is 23.3. The molecule has 4 rings (SSSR count). The molecule has 1 saturated heterocycles. The maximum absolute atomic E-state index is 13.6. The van der Waals surface area contributed by atoms with Crippen molar-refractivity contribution in [2.45, 2.75) is 13.5 Å². The summed E-state index contributed by atoms with van der Waals surface area (Å²) in [5, 5.41) is 0.814. The van der Waals surface area contributed by atoms with Crippen LogP contribution in [0, 0.1) is 0 Å². The summed E-state index contributed by atoms with van der Waals surface area (Å²) >= 11 is 11.6. The number of hydrogen-bond acceptors (Lipinski definition) is 7. The van der Waals surface area contributed by atoms with Crippen LogP contribution in [0.1, 0.15) is 18.1 Å². The second kappa shape index (κ2) is 12.6. The Labute approximate surface area is 237 Å². The molecule has 3 aromatic carbocycles. The minimum absolute atomic E-state index is 0.162. The summed E-state index contributed by atoms with van der Waals surface area (Å²) in [5.41, 5.74) is 2.38. The van der Waals surface area contributed by atoms with Crippen LogP contribution in [0.15, 0.2) is 72.4 Å². The highest BCUT2D eigenvalue weighted by Crippen LogP contribution is 2.33. The number of methoxy groups -OCH3 is 2. The van der Waals surface area contributed by atoms with Crippen LogP contribution in [0.25, 0.3) is 6.08 Å². The average Bonchev–Trinajstić information content (AvgIpc) is 3.17. The van der Waals surface area contributed by atoms with Gasteiger partial charge in [-0.15, -0.1) is 0 Å². The zero-order valence-electron chi connectivity index (χ0n) is 21.7. The Morgan fingerprint density at radius 1 is 0.974 bits per heavy atom. The smallest absolute Gasteiger partial charge is 0.325 e. The van der Waals surface area contributed by atoms with Gasteiger partial charge in [-0.25, -0.2) is 0 Å². The number of ether oxygens (including phenoxy) is 4. The van der Waals surface area contributed by atoms with Crippen molar-refractivity contribution in [1.29, 1.82) is 0 Å². The molecule has 0 unspecified atom stereocenters. The number of nitrogens with zero attached hydrogens (tertiary/aromatic N) is 2. The van der Waals surface area contributed by atoms with Gasteiger partial charge in [-0.05, 0) is 84.9 Å². The summed E-state index contributed by atoms with van der Waals surface area (Å²) in [6.07, 6.45) is 1.66. The van der Waals surface area contributed by atoms with E-state index in [-0.39, 0.29) is 23.3 Å². The van der Waals surface area contributed by atoms with Gasteiger partial charge in [0.1, 0.15) is 24.6 Å². The van der Waals surface area contributed by atoms with Crippen LogP contribution in [-0.4, -0.2) is 49.3 Å². The second-order valence-corrected chi connectivity index (χ2v) is 9.17. The molecule has 3 aromatic rings. The largest absolute Gasteiger partial charge is 0.497 e. The number of amides is 1. The quantitative estimate of drug-likeness (QED) is 0.181. The standard InChI is InChI=1S/C29H27ClN2O6S/c1-4-37-26-16-20(7-14-25(26)38-18-19-5-8-21(30)9-6-19)15-24-28(34)32(22-10-12-23(35-2)13-11-22)29(39)31(24)17-27(33)36-3/h5-16H,4,17-18H2,1-3H3/b24-15-. The van der Waals surface area contributed by atoms with E-state index < -0.39 is 5.97 Å². The summed E-state index contributed by atoms with van der Waals surface area (Å²) in [4.78, 5) is 28.6. The van der Waals surface area contributed by atoms with Crippen LogP contribution in [0.4, 0.5) is 5.69 Å². The van der Waals surface area contributed by atoms with Crippen molar-refractivity contribution in [2.75, 3.05) is 32.3 Å². The van der Waals surface area contributed by atoms with Gasteiger partial charge >= 0.3 is 5.97 Å². The molecule has 1 heterocycles. The molecule has 1 amide bonds. The maximum atomic E-state index is 13.6. The summed E-state index contributed by atoms with van der Waals surface area (Å²) in [6.45, 7) is 2.40. The van der Waals surface area contributed by atoms with Crippen LogP contribution in [0.2, 0.25) is 5.02 Å². The predicted molar refractivity (Wildman–Crippen MR) is 153 cm³/mol. The van der Waals surface area contributed by atoms with Crippen LogP contribution < -0.4 is 19.1 Å². The highest BCUT2D eigenvalue weighted by molar-refractivity contribution is 7.80. The van der Waals surface area contributed by atoms with Gasteiger partial charge in [-0.2, -0.15) is 0 Å². The summed E-state index contributed by atoms with van der Waals surface area (Å²) < 4.78 is 21.9. The van der Waals surface area contributed by atoms with Crippen LogP contribution in [0.3, 0.4) is 0 Å². The van der Waals surface area contributed by atoms with Gasteiger partial charge in [-0.3, -0.25) is 14.5 Å². The van der Waals surface area contributed by atoms with E-state index in [1.54, 1.807) is 67.8 Å². The molecule has 0 atom stereocenters. The molecule has 1 aliphatic heterocycles. The molecule has 0 N–H and O–H groups in total. The van der Waals surface area contributed by atoms with Gasteiger partial charge in [-0.1, -0.05) is 29.8 Å². The van der Waals surface area contributed by atoms with E-state index in [0.717, 1.165) is 5.56 Å². The molecule has 10 heteroatoms. The summed E-state index contributed by atoms with van der Waals surface area (Å²) in [5.74, 6) is 0.790. The van der Waals surface area contributed by atoms with Gasteiger partial charge in [0, 0.05) is 5.02 Å². The third-order valence-electron chi connectivity index (χ3n) is 5.86. The lowest BCUT2D eigenvalue weighted by Crippen LogP contribution is -2.35. The first kappa shape index (κ1) is 27.9. The predicted octanol–water partition coefficient (Wildman–Crippen LogP) is 5.47. The molecule has 0 radical (unpaired) electrons. The lowest BCUT2D eigenvalue weighted by Gasteiger charge is -2.19. The fraction of sp³-hybridized carbons (Fsp3) is 0.207. The molecule has 202 valence electrons. The number of halogens is 1. The molecule has 0 spiro atoms. The van der Waals surface area contributed by atoms with Gasteiger partial charge in [0.25, 0.3) is 5.91 Å². The Kier molecular flexibility index (Phi) is 9.06. The maximum Gasteiger partial charge on any atom is 0.325 e. The molecule has 1 fully saturated rings. The number of carbonyl (C=O) groups is 2. The molecular formula is C29H27ClN2O6S. The number of benzene rings is 3. The molecule has 8 nitrogen and oxygen atoms in total. The van der Waals surface area contributed by atoms with Crippen molar-refractivity contribution in [3.05, 3.63) is 88.6 Å². The van der Waals surface area contributed by atoms with Crippen molar-refractivity contribution < 1.29 is 28.5 Å². The van der Waals surface area contributed by atoms with Crippen LogP contribution >= 0.6 is 23.8 Å². The van der Waals surface area contributed by atoms with Crippen LogP contribution in [0.5, 0.6) is 17.2 Å². The Morgan fingerprint density at radius 3 is 2.33 bits per heavy atom. The van der Waals surface area contributed by atoms with E-state index in [1.807, 2.05) is 19.1 Å². The van der Waals surface area contributed by atoms with Gasteiger partial charge in [0.2, 0.25) is 0 Å². The van der Waals surface area contributed by atoms with E-state index in [9.17, 15) is 9.59 Å². The average molecular weight is 567 g/mol. The molecule has 0 bridgehead atoms. The molecule has 39 heavy (non-hydrogen) atoms. The van der Waals surface area contributed by atoms with Crippen molar-refractivity contribution >= 4 is 52.6 Å². The number of rotatable bonds is 10. The number of thiocarbonyl (C=S) groups is 1. The van der Waals surface area contributed by atoms with Crippen molar-refractivity contribution in [1.82, 2.24) is 4.90 Å². The van der Waals surface area contributed by atoms with Crippen molar-refractivity contribution in [3.63, 3.8) is 0 Å². The SMILES string of the molecule is CCOc1cc(/C=C2/C(=O)N(c3ccc(OC)cc3)C(=S)N2CC(=O)OC)ccc1OCc1ccc(Cl)cc1. The van der Waals surface area contributed by atoms with Crippen LogP contribution in [-0.2, 0) is 20.9 Å². The Bertz CT molecular complexity index is 1390. The molecular weight excluding hydrogens is 540 g/mol. The monoisotopic (exact) mass is 566 g/mol. The second-order valence-electron chi connectivity index (χ2n) is 8.37. The lowest BCUT2D eigenvalue weighted by molar-refractivity contribution is -0.140. The molecule has 0 aromatic heterocycles. The first-order valence-electron chi connectivity index (χ1n) is 12.1. The lowest BCUT2D eigenvalue weighted by atomic mass is 10.1. The minimum atomic E-state index is -0.534. The Morgan fingerprint density at radius 2 is 1.69 bits per heavy atom. The van der Waals surface area contributed by atoms with E-state index in [0.29, 0.717) is 46.7 Å². The third-order valence-corrected chi connectivity index (χ3v) is 6.51.